The van der Waals surface area contributed by atoms with Crippen molar-refractivity contribution < 1.29 is 4.79 Å². The van der Waals surface area contributed by atoms with Gasteiger partial charge in [-0.1, -0.05) is 12.8 Å². The van der Waals surface area contributed by atoms with Gasteiger partial charge in [-0.15, -0.1) is 11.3 Å². The van der Waals surface area contributed by atoms with Crippen molar-refractivity contribution in [2.24, 2.45) is 0 Å². The van der Waals surface area contributed by atoms with Crippen molar-refractivity contribution in [1.29, 1.82) is 0 Å². The Balaban J connectivity index is 1.69. The second-order valence-electron chi connectivity index (χ2n) is 6.41. The van der Waals surface area contributed by atoms with Crippen molar-refractivity contribution in [1.82, 2.24) is 15.6 Å². The lowest BCUT2D eigenvalue weighted by molar-refractivity contribution is 0.0923. The van der Waals surface area contributed by atoms with Gasteiger partial charge in [0.05, 0.1) is 10.7 Å². The summed E-state index contributed by atoms with van der Waals surface area (Å²) in [5.41, 5.74) is 0.899. The van der Waals surface area contributed by atoms with E-state index in [2.05, 4.69) is 22.5 Å². The highest BCUT2D eigenvalue weighted by atomic mass is 32.1. The summed E-state index contributed by atoms with van der Waals surface area (Å²) >= 11 is 1.61. The van der Waals surface area contributed by atoms with Crippen LogP contribution in [0.5, 0.6) is 0 Å². The van der Waals surface area contributed by atoms with Gasteiger partial charge in [0.25, 0.3) is 5.91 Å². The van der Waals surface area contributed by atoms with Gasteiger partial charge in [0.2, 0.25) is 0 Å². The van der Waals surface area contributed by atoms with E-state index < -0.39 is 0 Å². The van der Waals surface area contributed by atoms with Crippen LogP contribution in [-0.4, -0.2) is 29.5 Å². The molecular weight excluding hydrogens is 282 g/mol. The minimum absolute atomic E-state index is 0.0646. The molecule has 2 fully saturated rings. The van der Waals surface area contributed by atoms with Crippen molar-refractivity contribution in [3.63, 3.8) is 0 Å². The number of carbonyl (C=O) groups is 1. The molecular formula is C16H25N3OS. The maximum atomic E-state index is 12.5. The molecule has 2 heterocycles. The van der Waals surface area contributed by atoms with Crippen LogP contribution in [-0.2, 0) is 0 Å². The predicted octanol–water partition coefficient (Wildman–Crippen LogP) is 2.98. The summed E-state index contributed by atoms with van der Waals surface area (Å²) in [4.78, 5) is 18.0. The van der Waals surface area contributed by atoms with Crippen molar-refractivity contribution in [3.8, 4) is 0 Å². The fraction of sp³-hybridized carbons (Fsp3) is 0.750. The first-order valence-electron chi connectivity index (χ1n) is 8.16. The van der Waals surface area contributed by atoms with Gasteiger partial charge in [0.15, 0.2) is 0 Å². The third-order valence-corrected chi connectivity index (χ3v) is 6.12. The summed E-state index contributed by atoms with van der Waals surface area (Å²) in [5, 5.41) is 7.80. The molecule has 0 bridgehead atoms. The largest absolute Gasteiger partial charge is 0.347 e. The third kappa shape index (κ3) is 3.29. The summed E-state index contributed by atoms with van der Waals surface area (Å²) in [6.07, 6.45) is 7.26. The smallest absolute Gasteiger partial charge is 0.263 e. The second-order valence-corrected chi connectivity index (χ2v) is 7.44. The lowest BCUT2D eigenvalue weighted by Gasteiger charge is -2.30. The van der Waals surface area contributed by atoms with Gasteiger partial charge in [-0.3, -0.25) is 4.79 Å². The van der Waals surface area contributed by atoms with Crippen molar-refractivity contribution in [2.75, 3.05) is 6.54 Å². The van der Waals surface area contributed by atoms with Crippen molar-refractivity contribution >= 4 is 17.2 Å². The Labute approximate surface area is 130 Å². The first-order chi connectivity index (χ1) is 10.1. The molecule has 5 heteroatoms. The molecule has 0 spiro atoms. The second kappa shape index (κ2) is 6.44. The van der Waals surface area contributed by atoms with Crippen molar-refractivity contribution in [2.45, 2.75) is 70.4 Å². The van der Waals surface area contributed by atoms with Crippen LogP contribution in [0, 0.1) is 6.92 Å². The van der Waals surface area contributed by atoms with Gasteiger partial charge in [-0.2, -0.15) is 0 Å². The molecule has 3 rings (SSSR count). The summed E-state index contributed by atoms with van der Waals surface area (Å²) in [6, 6.07) is 0.591. The molecule has 2 unspecified atom stereocenters. The highest BCUT2D eigenvalue weighted by Gasteiger charge is 2.27. The zero-order valence-corrected chi connectivity index (χ0v) is 13.8. The minimum Gasteiger partial charge on any atom is -0.347 e. The summed E-state index contributed by atoms with van der Waals surface area (Å²) in [7, 11) is 0. The number of aryl methyl sites for hydroxylation is 1. The van der Waals surface area contributed by atoms with E-state index in [0.29, 0.717) is 12.0 Å². The number of carbonyl (C=O) groups excluding carboxylic acids is 1. The molecule has 21 heavy (non-hydrogen) atoms. The zero-order chi connectivity index (χ0) is 14.8. The number of nitrogens with one attached hydrogen (secondary N) is 2. The van der Waals surface area contributed by atoms with Gasteiger partial charge in [0, 0.05) is 18.0 Å². The number of amides is 1. The predicted molar refractivity (Wildman–Crippen MR) is 86.0 cm³/mol. The number of hydrogen-bond donors (Lipinski definition) is 2. The first-order valence-corrected chi connectivity index (χ1v) is 8.98. The molecule has 1 aromatic heterocycles. The average molecular weight is 307 g/mol. The molecule has 1 aliphatic carbocycles. The normalized spacial score (nSPS) is 27.0. The first kappa shape index (κ1) is 15.0. The van der Waals surface area contributed by atoms with Crippen LogP contribution in [0.2, 0.25) is 0 Å². The Kier molecular flexibility index (Phi) is 4.60. The van der Waals surface area contributed by atoms with E-state index in [1.54, 1.807) is 11.3 Å². The Morgan fingerprint density at radius 1 is 1.29 bits per heavy atom. The van der Waals surface area contributed by atoms with Gasteiger partial charge < -0.3 is 10.6 Å². The Morgan fingerprint density at radius 2 is 2.05 bits per heavy atom. The summed E-state index contributed by atoms with van der Waals surface area (Å²) < 4.78 is 0. The summed E-state index contributed by atoms with van der Waals surface area (Å²) in [5.74, 6) is 0.653. The van der Waals surface area contributed by atoms with E-state index in [1.807, 2.05) is 6.92 Å². The topological polar surface area (TPSA) is 54.0 Å². The summed E-state index contributed by atoms with van der Waals surface area (Å²) in [6.45, 7) is 5.17. The van der Waals surface area contributed by atoms with Crippen LogP contribution in [0.25, 0.3) is 0 Å². The number of thiazole rings is 1. The Morgan fingerprint density at radius 3 is 2.76 bits per heavy atom. The van der Waals surface area contributed by atoms with Crippen LogP contribution in [0.1, 0.15) is 71.7 Å². The number of rotatable bonds is 3. The van der Waals surface area contributed by atoms with Gasteiger partial charge in [-0.25, -0.2) is 4.98 Å². The maximum absolute atomic E-state index is 12.5. The third-order valence-electron chi connectivity index (χ3n) is 4.80. The molecule has 1 saturated heterocycles. The number of piperidine rings is 1. The lowest BCUT2D eigenvalue weighted by atomic mass is 10.00. The van der Waals surface area contributed by atoms with E-state index in [9.17, 15) is 4.79 Å². The average Bonchev–Trinajstić information content (AvgIpc) is 3.10. The molecule has 1 aromatic rings. The Hall–Kier alpha value is -0.940. The van der Waals surface area contributed by atoms with Gasteiger partial charge >= 0.3 is 0 Å². The lowest BCUT2D eigenvalue weighted by Crippen LogP contribution is -2.51. The maximum Gasteiger partial charge on any atom is 0.263 e. The monoisotopic (exact) mass is 307 g/mol. The van der Waals surface area contributed by atoms with E-state index in [4.69, 9.17) is 0 Å². The quantitative estimate of drug-likeness (QED) is 0.902. The molecule has 0 aromatic carbocycles. The number of hydrogen-bond acceptors (Lipinski definition) is 4. The Bertz CT molecular complexity index is 508. The van der Waals surface area contributed by atoms with Crippen LogP contribution in [0.15, 0.2) is 0 Å². The highest BCUT2D eigenvalue weighted by molar-refractivity contribution is 7.13. The van der Waals surface area contributed by atoms with Crippen LogP contribution in [0.3, 0.4) is 0 Å². The highest BCUT2D eigenvalue weighted by Crippen LogP contribution is 2.37. The van der Waals surface area contributed by atoms with E-state index in [0.717, 1.165) is 30.0 Å². The van der Waals surface area contributed by atoms with Gasteiger partial charge in [-0.05, 0) is 46.1 Å². The fourth-order valence-corrected chi connectivity index (χ4v) is 4.59. The minimum atomic E-state index is 0.0646. The molecule has 1 aliphatic heterocycles. The van der Waals surface area contributed by atoms with E-state index in [-0.39, 0.29) is 11.9 Å². The molecule has 2 atom stereocenters. The zero-order valence-electron chi connectivity index (χ0n) is 12.9. The fourth-order valence-electron chi connectivity index (χ4n) is 3.45. The van der Waals surface area contributed by atoms with Gasteiger partial charge in [0.1, 0.15) is 4.88 Å². The number of nitrogens with zero attached hydrogens (tertiary/aromatic N) is 1. The molecule has 0 radical (unpaired) electrons. The number of aromatic nitrogens is 1. The van der Waals surface area contributed by atoms with Crippen LogP contribution >= 0.6 is 11.3 Å². The SMILES string of the molecule is Cc1nc(C2CCCC2)sc1C(=O)NC1CCCNC1C. The molecule has 1 amide bonds. The van der Waals surface area contributed by atoms with Crippen molar-refractivity contribution in [3.05, 3.63) is 15.6 Å². The molecule has 2 aliphatic rings. The standard InChI is InChI=1S/C16H25N3OS/c1-10-13(8-5-9-17-10)19-15(20)14-11(2)18-16(21-14)12-6-3-4-7-12/h10,12-13,17H,3-9H2,1-2H3,(H,19,20). The molecule has 116 valence electrons. The molecule has 1 saturated carbocycles. The van der Waals surface area contributed by atoms with Crippen LogP contribution in [0.4, 0.5) is 0 Å². The molecule has 2 N–H and O–H groups in total. The van der Waals surface area contributed by atoms with Crippen LogP contribution < -0.4 is 10.6 Å². The van der Waals surface area contributed by atoms with E-state index >= 15 is 0 Å². The van der Waals surface area contributed by atoms with E-state index in [1.165, 1.54) is 30.7 Å². The molecule has 4 nitrogen and oxygen atoms in total.